The van der Waals surface area contributed by atoms with Crippen LogP contribution in [0.25, 0.3) is 0 Å². The third-order valence-electron chi connectivity index (χ3n) is 3.40. The molecule has 6 nitrogen and oxygen atoms in total. The molecule has 3 rings (SSSR count). The summed E-state index contributed by atoms with van der Waals surface area (Å²) >= 11 is 11.1. The molecule has 0 amide bonds. The molecule has 0 unspecified atom stereocenters. The normalized spacial score (nSPS) is 10.1. The number of benzene rings is 2. The van der Waals surface area contributed by atoms with Crippen molar-refractivity contribution in [2.75, 3.05) is 23.1 Å². The molecule has 2 aromatic carbocycles. The van der Waals surface area contributed by atoms with E-state index in [1.165, 1.54) is 0 Å². The lowest BCUT2D eigenvalue weighted by atomic mass is 10.2. The minimum Gasteiger partial charge on any atom is -0.497 e. The highest BCUT2D eigenvalue weighted by molar-refractivity contribution is 7.80. The lowest BCUT2D eigenvalue weighted by molar-refractivity contribution is 0.415. The van der Waals surface area contributed by atoms with E-state index in [9.17, 15) is 0 Å². The second-order valence-corrected chi connectivity index (χ2v) is 6.05. The van der Waals surface area contributed by atoms with Crippen LogP contribution in [0.3, 0.4) is 0 Å². The zero-order chi connectivity index (χ0) is 18.4. The number of ether oxygens (including phenoxy) is 1. The topological polar surface area (TPSA) is 71.1 Å². The van der Waals surface area contributed by atoms with Crippen molar-refractivity contribution in [3.63, 3.8) is 0 Å². The minimum atomic E-state index is 0.355. The summed E-state index contributed by atoms with van der Waals surface area (Å²) in [5, 5.41) is 18.0. The van der Waals surface area contributed by atoms with Crippen LogP contribution in [-0.2, 0) is 0 Å². The summed E-state index contributed by atoms with van der Waals surface area (Å²) in [7, 11) is 1.63. The van der Waals surface area contributed by atoms with Crippen LogP contribution in [-0.4, -0.2) is 22.4 Å². The van der Waals surface area contributed by atoms with Crippen LogP contribution in [0.2, 0.25) is 5.15 Å². The Morgan fingerprint density at radius 2 is 1.42 bits per heavy atom. The van der Waals surface area contributed by atoms with Crippen molar-refractivity contribution < 1.29 is 4.74 Å². The van der Waals surface area contributed by atoms with Crippen molar-refractivity contribution >= 4 is 51.8 Å². The predicted octanol–water partition coefficient (Wildman–Crippen LogP) is 4.69. The molecule has 0 saturated heterocycles. The van der Waals surface area contributed by atoms with Gasteiger partial charge in [-0.15, -0.1) is 10.2 Å². The number of thiocarbonyl (C=S) groups is 1. The van der Waals surface area contributed by atoms with Crippen LogP contribution in [0.4, 0.5) is 22.9 Å². The monoisotopic (exact) mass is 385 g/mol. The third kappa shape index (κ3) is 5.05. The first kappa shape index (κ1) is 17.9. The summed E-state index contributed by atoms with van der Waals surface area (Å²) in [5.41, 5.74) is 2.62. The van der Waals surface area contributed by atoms with Crippen LogP contribution < -0.4 is 20.7 Å². The smallest absolute Gasteiger partial charge is 0.175 e. The first-order chi connectivity index (χ1) is 12.6. The van der Waals surface area contributed by atoms with Crippen molar-refractivity contribution in [3.05, 3.63) is 65.8 Å². The van der Waals surface area contributed by atoms with E-state index in [1.807, 2.05) is 48.5 Å². The number of hydrogen-bond donors (Lipinski definition) is 3. The highest BCUT2D eigenvalue weighted by Crippen LogP contribution is 2.19. The van der Waals surface area contributed by atoms with E-state index in [1.54, 1.807) is 19.2 Å². The Morgan fingerprint density at radius 1 is 0.846 bits per heavy atom. The van der Waals surface area contributed by atoms with Crippen LogP contribution in [0.1, 0.15) is 0 Å². The third-order valence-corrected chi connectivity index (χ3v) is 3.80. The summed E-state index contributed by atoms with van der Waals surface area (Å²) in [4.78, 5) is 0. The second kappa shape index (κ2) is 8.46. The Bertz CT molecular complexity index is 870. The van der Waals surface area contributed by atoms with Gasteiger partial charge >= 0.3 is 0 Å². The summed E-state index contributed by atoms with van der Waals surface area (Å²) in [5.74, 6) is 1.41. The van der Waals surface area contributed by atoms with E-state index in [-0.39, 0.29) is 0 Å². The molecule has 1 aromatic heterocycles. The molecule has 0 radical (unpaired) electrons. The number of halogens is 1. The Hall–Kier alpha value is -2.90. The molecule has 0 fully saturated rings. The van der Waals surface area contributed by atoms with Gasteiger partial charge < -0.3 is 20.7 Å². The lowest BCUT2D eigenvalue weighted by Gasteiger charge is -2.12. The maximum Gasteiger partial charge on any atom is 0.175 e. The van der Waals surface area contributed by atoms with Crippen LogP contribution >= 0.6 is 23.8 Å². The molecule has 0 spiro atoms. The van der Waals surface area contributed by atoms with Crippen LogP contribution in [0.15, 0.2) is 60.7 Å². The zero-order valence-electron chi connectivity index (χ0n) is 13.9. The highest BCUT2D eigenvalue weighted by Gasteiger charge is 2.01. The fourth-order valence-electron chi connectivity index (χ4n) is 2.14. The van der Waals surface area contributed by atoms with Crippen molar-refractivity contribution in [1.82, 2.24) is 10.2 Å². The first-order valence-corrected chi connectivity index (χ1v) is 8.49. The molecule has 132 valence electrons. The van der Waals surface area contributed by atoms with Gasteiger partial charge in [-0.1, -0.05) is 11.6 Å². The van der Waals surface area contributed by atoms with Crippen molar-refractivity contribution in [1.29, 1.82) is 0 Å². The molecule has 0 saturated carbocycles. The second-order valence-electron chi connectivity index (χ2n) is 5.25. The standard InChI is InChI=1S/C18H16ClN5OS/c1-25-15-8-6-14(7-9-15)22-18(26)21-13-4-2-12(3-5-13)20-17-11-10-16(19)23-24-17/h2-11H,1H3,(H,20,24)(H2,21,22,26). The van der Waals surface area contributed by atoms with Gasteiger partial charge in [-0.05, 0) is 72.9 Å². The minimum absolute atomic E-state index is 0.355. The molecule has 0 bridgehead atoms. The summed E-state index contributed by atoms with van der Waals surface area (Å²) in [6, 6.07) is 18.6. The number of rotatable bonds is 5. The maximum atomic E-state index is 5.72. The van der Waals surface area contributed by atoms with Gasteiger partial charge in [-0.2, -0.15) is 0 Å². The van der Waals surface area contributed by atoms with E-state index >= 15 is 0 Å². The van der Waals surface area contributed by atoms with Crippen molar-refractivity contribution in [2.24, 2.45) is 0 Å². The number of nitrogens with zero attached hydrogens (tertiary/aromatic N) is 2. The molecule has 0 aliphatic rings. The van der Waals surface area contributed by atoms with Gasteiger partial charge in [-0.25, -0.2) is 0 Å². The zero-order valence-corrected chi connectivity index (χ0v) is 15.4. The number of aromatic nitrogens is 2. The van der Waals surface area contributed by atoms with E-state index < -0.39 is 0 Å². The van der Waals surface area contributed by atoms with Crippen LogP contribution in [0, 0.1) is 0 Å². The van der Waals surface area contributed by atoms with Gasteiger partial charge in [0.15, 0.2) is 16.1 Å². The molecule has 3 aromatic rings. The lowest BCUT2D eigenvalue weighted by Crippen LogP contribution is -2.18. The maximum absolute atomic E-state index is 5.72. The van der Waals surface area contributed by atoms with Gasteiger partial charge in [0.25, 0.3) is 0 Å². The fourth-order valence-corrected chi connectivity index (χ4v) is 2.47. The van der Waals surface area contributed by atoms with Gasteiger partial charge in [0.05, 0.1) is 7.11 Å². The average Bonchev–Trinajstić information content (AvgIpc) is 2.66. The summed E-state index contributed by atoms with van der Waals surface area (Å²) in [6.45, 7) is 0. The highest BCUT2D eigenvalue weighted by atomic mass is 35.5. The summed E-state index contributed by atoms with van der Waals surface area (Å²) in [6.07, 6.45) is 0. The van der Waals surface area contributed by atoms with E-state index in [0.29, 0.717) is 16.1 Å². The molecule has 0 atom stereocenters. The molecule has 8 heteroatoms. The van der Waals surface area contributed by atoms with Crippen LogP contribution in [0.5, 0.6) is 5.75 Å². The predicted molar refractivity (Wildman–Crippen MR) is 110 cm³/mol. The van der Waals surface area contributed by atoms with Gasteiger partial charge in [0.1, 0.15) is 5.75 Å². The molecule has 0 aliphatic carbocycles. The molecular weight excluding hydrogens is 370 g/mol. The Labute approximate surface area is 161 Å². The number of methoxy groups -OCH3 is 1. The Morgan fingerprint density at radius 3 is 1.96 bits per heavy atom. The molecular formula is C18H16ClN5OS. The summed E-state index contributed by atoms with van der Waals surface area (Å²) < 4.78 is 5.13. The molecule has 3 N–H and O–H groups in total. The molecule has 1 heterocycles. The fraction of sp³-hybridized carbons (Fsp3) is 0.0556. The average molecular weight is 386 g/mol. The van der Waals surface area contributed by atoms with Gasteiger partial charge in [0.2, 0.25) is 0 Å². The van der Waals surface area contributed by atoms with E-state index in [4.69, 9.17) is 28.6 Å². The van der Waals surface area contributed by atoms with Crippen molar-refractivity contribution in [2.45, 2.75) is 0 Å². The SMILES string of the molecule is COc1ccc(NC(=S)Nc2ccc(Nc3ccc(Cl)nn3)cc2)cc1. The number of anilines is 4. The number of nitrogens with one attached hydrogen (secondary N) is 3. The van der Waals surface area contributed by atoms with E-state index in [2.05, 4.69) is 26.1 Å². The largest absolute Gasteiger partial charge is 0.497 e. The molecule has 26 heavy (non-hydrogen) atoms. The van der Waals surface area contributed by atoms with Gasteiger partial charge in [0, 0.05) is 17.1 Å². The first-order valence-electron chi connectivity index (χ1n) is 7.71. The van der Waals surface area contributed by atoms with Gasteiger partial charge in [-0.3, -0.25) is 0 Å². The number of hydrogen-bond acceptors (Lipinski definition) is 5. The van der Waals surface area contributed by atoms with Crippen molar-refractivity contribution in [3.8, 4) is 5.75 Å². The molecule has 0 aliphatic heterocycles. The quantitative estimate of drug-likeness (QED) is 0.550. The Kier molecular flexibility index (Phi) is 5.83. The Balaban J connectivity index is 1.56. The van der Waals surface area contributed by atoms with E-state index in [0.717, 1.165) is 22.8 Å².